The molecule has 2 N–H and O–H groups in total. The van der Waals surface area contributed by atoms with Crippen molar-refractivity contribution in [2.75, 3.05) is 0 Å². The van der Waals surface area contributed by atoms with Gasteiger partial charge in [-0.15, -0.1) is 4.83 Å². The maximum atomic E-state index is 12.2. The van der Waals surface area contributed by atoms with Crippen molar-refractivity contribution in [2.45, 2.75) is 11.8 Å². The van der Waals surface area contributed by atoms with Gasteiger partial charge in [0.05, 0.1) is 4.90 Å². The summed E-state index contributed by atoms with van der Waals surface area (Å²) in [5.41, 5.74) is 5.56. The maximum Gasteiger partial charge on any atom is 0.266 e. The van der Waals surface area contributed by atoms with Crippen LogP contribution in [0.3, 0.4) is 0 Å². The molecular weight excluding hydrogens is 348 g/mol. The van der Waals surface area contributed by atoms with E-state index < -0.39 is 15.9 Å². The number of rotatable bonds is 5. The van der Waals surface area contributed by atoms with Crippen LogP contribution >= 0.6 is 0 Å². The van der Waals surface area contributed by atoms with E-state index in [1.165, 1.54) is 12.1 Å². The summed E-state index contributed by atoms with van der Waals surface area (Å²) in [6, 6.07) is 23.1. The summed E-state index contributed by atoms with van der Waals surface area (Å²) in [5.74, 6) is -0.528. The Kier molecular flexibility index (Phi) is 5.16. The normalized spacial score (nSPS) is 11.1. The summed E-state index contributed by atoms with van der Waals surface area (Å²) in [6.07, 6.45) is 0. The lowest BCUT2D eigenvalue weighted by atomic mass is 10.0. The molecule has 5 nitrogen and oxygen atoms in total. The van der Waals surface area contributed by atoms with Gasteiger partial charge in [0.2, 0.25) is 0 Å². The second kappa shape index (κ2) is 7.51. The molecule has 0 bridgehead atoms. The van der Waals surface area contributed by atoms with Gasteiger partial charge < -0.3 is 0 Å². The number of hydrogen-bond acceptors (Lipinski definition) is 3. The van der Waals surface area contributed by atoms with E-state index in [9.17, 15) is 13.2 Å². The largest absolute Gasteiger partial charge is 0.273 e. The maximum absolute atomic E-state index is 12.2. The van der Waals surface area contributed by atoms with E-state index in [1.54, 1.807) is 24.3 Å². The first kappa shape index (κ1) is 17.8. The molecule has 132 valence electrons. The fraction of sp³-hybridized carbons (Fsp3) is 0.0500. The van der Waals surface area contributed by atoms with E-state index in [4.69, 9.17) is 0 Å². The average Bonchev–Trinajstić information content (AvgIpc) is 2.67. The van der Waals surface area contributed by atoms with Crippen LogP contribution in [0.5, 0.6) is 0 Å². The van der Waals surface area contributed by atoms with Crippen LogP contribution in [0.15, 0.2) is 83.8 Å². The number of benzene rings is 3. The van der Waals surface area contributed by atoms with Gasteiger partial charge in [0.1, 0.15) is 0 Å². The molecule has 3 rings (SSSR count). The highest BCUT2D eigenvalue weighted by Crippen LogP contribution is 2.19. The molecule has 0 aliphatic carbocycles. The highest BCUT2D eigenvalue weighted by Gasteiger charge is 2.15. The minimum absolute atomic E-state index is 0.0859. The zero-order valence-corrected chi connectivity index (χ0v) is 15.0. The third-order valence-corrected chi connectivity index (χ3v) is 5.15. The second-order valence-corrected chi connectivity index (χ2v) is 7.50. The Bertz CT molecular complexity index is 997. The first-order valence-corrected chi connectivity index (χ1v) is 9.48. The fourth-order valence-corrected chi connectivity index (χ4v) is 3.25. The van der Waals surface area contributed by atoms with Gasteiger partial charge in [-0.3, -0.25) is 10.2 Å². The zero-order valence-electron chi connectivity index (χ0n) is 14.1. The van der Waals surface area contributed by atoms with Gasteiger partial charge in [-0.05, 0) is 42.3 Å². The van der Waals surface area contributed by atoms with E-state index >= 15 is 0 Å². The van der Waals surface area contributed by atoms with Crippen molar-refractivity contribution in [3.8, 4) is 11.1 Å². The van der Waals surface area contributed by atoms with E-state index in [2.05, 4.69) is 10.3 Å². The average molecular weight is 366 g/mol. The fourth-order valence-electron chi connectivity index (χ4n) is 2.41. The quantitative estimate of drug-likeness (QED) is 0.681. The smallest absolute Gasteiger partial charge is 0.266 e. The molecule has 0 aliphatic heterocycles. The lowest BCUT2D eigenvalue weighted by Gasteiger charge is -2.09. The Labute approximate surface area is 152 Å². The van der Waals surface area contributed by atoms with Crippen molar-refractivity contribution in [3.63, 3.8) is 0 Å². The molecule has 3 aromatic rings. The van der Waals surface area contributed by atoms with E-state index in [-0.39, 0.29) is 4.90 Å². The Morgan fingerprint density at radius 1 is 0.769 bits per heavy atom. The van der Waals surface area contributed by atoms with Gasteiger partial charge >= 0.3 is 0 Å². The minimum atomic E-state index is -3.81. The lowest BCUT2D eigenvalue weighted by molar-refractivity contribution is 0.0945. The Morgan fingerprint density at radius 2 is 1.35 bits per heavy atom. The number of carbonyl (C=O) groups is 1. The molecule has 26 heavy (non-hydrogen) atoms. The van der Waals surface area contributed by atoms with Gasteiger partial charge in [0.25, 0.3) is 15.9 Å². The van der Waals surface area contributed by atoms with Gasteiger partial charge in [0, 0.05) is 5.56 Å². The van der Waals surface area contributed by atoms with E-state index in [0.717, 1.165) is 16.7 Å². The Morgan fingerprint density at radius 3 is 1.96 bits per heavy atom. The predicted octanol–water partition coefficient (Wildman–Crippen LogP) is 3.29. The number of hydrazine groups is 1. The molecule has 0 radical (unpaired) electrons. The molecule has 3 aromatic carbocycles. The van der Waals surface area contributed by atoms with Crippen molar-refractivity contribution in [2.24, 2.45) is 0 Å². The predicted molar refractivity (Wildman–Crippen MR) is 101 cm³/mol. The summed E-state index contributed by atoms with van der Waals surface area (Å²) in [6.45, 7) is 1.87. The summed E-state index contributed by atoms with van der Waals surface area (Å²) in [5, 5.41) is 0. The van der Waals surface area contributed by atoms with Crippen LogP contribution < -0.4 is 10.3 Å². The highest BCUT2D eigenvalue weighted by molar-refractivity contribution is 7.89. The van der Waals surface area contributed by atoms with Crippen LogP contribution in [0, 0.1) is 6.92 Å². The molecule has 0 fully saturated rings. The molecule has 0 atom stereocenters. The van der Waals surface area contributed by atoms with Gasteiger partial charge in [-0.2, -0.15) is 0 Å². The monoisotopic (exact) mass is 366 g/mol. The third kappa shape index (κ3) is 4.17. The molecule has 0 saturated heterocycles. The van der Waals surface area contributed by atoms with Crippen LogP contribution in [-0.2, 0) is 10.0 Å². The van der Waals surface area contributed by atoms with E-state index in [0.29, 0.717) is 5.56 Å². The molecular formula is C20H18N2O3S. The molecule has 0 heterocycles. The zero-order chi connectivity index (χ0) is 18.6. The lowest BCUT2D eigenvalue weighted by Crippen LogP contribution is -2.41. The van der Waals surface area contributed by atoms with Crippen LogP contribution in [0.25, 0.3) is 11.1 Å². The molecule has 0 aromatic heterocycles. The topological polar surface area (TPSA) is 75.3 Å². The van der Waals surface area contributed by atoms with Gasteiger partial charge in [0.15, 0.2) is 0 Å². The van der Waals surface area contributed by atoms with Crippen molar-refractivity contribution < 1.29 is 13.2 Å². The minimum Gasteiger partial charge on any atom is -0.273 e. The summed E-state index contributed by atoms with van der Waals surface area (Å²) in [7, 11) is -3.81. The SMILES string of the molecule is Cc1ccc(S(=O)(=O)NNC(=O)c2ccc(-c3ccccc3)cc2)cc1. The van der Waals surface area contributed by atoms with Crippen LogP contribution in [0.2, 0.25) is 0 Å². The number of hydrogen-bond donors (Lipinski definition) is 2. The summed E-state index contributed by atoms with van der Waals surface area (Å²) < 4.78 is 24.4. The number of amides is 1. The number of aryl methyl sites for hydroxylation is 1. The third-order valence-electron chi connectivity index (χ3n) is 3.88. The number of sulfonamides is 1. The van der Waals surface area contributed by atoms with Crippen LogP contribution in [0.1, 0.15) is 15.9 Å². The van der Waals surface area contributed by atoms with Crippen LogP contribution in [-0.4, -0.2) is 14.3 Å². The molecule has 0 saturated carbocycles. The van der Waals surface area contributed by atoms with E-state index in [1.807, 2.05) is 49.4 Å². The van der Waals surface area contributed by atoms with Crippen molar-refractivity contribution in [1.29, 1.82) is 0 Å². The first-order valence-electron chi connectivity index (χ1n) is 8.00. The molecule has 0 spiro atoms. The number of carbonyl (C=O) groups excluding carboxylic acids is 1. The van der Waals surface area contributed by atoms with Gasteiger partial charge in [-0.25, -0.2) is 8.42 Å². The Hall–Kier alpha value is -2.96. The molecule has 6 heteroatoms. The summed E-state index contributed by atoms with van der Waals surface area (Å²) in [4.78, 5) is 14.4. The first-order chi connectivity index (χ1) is 12.5. The highest BCUT2D eigenvalue weighted by atomic mass is 32.2. The van der Waals surface area contributed by atoms with Crippen molar-refractivity contribution in [3.05, 3.63) is 90.0 Å². The molecule has 0 unspecified atom stereocenters. The number of nitrogens with one attached hydrogen (secondary N) is 2. The Balaban J connectivity index is 1.67. The molecule has 1 amide bonds. The second-order valence-electron chi connectivity index (χ2n) is 5.82. The van der Waals surface area contributed by atoms with Crippen molar-refractivity contribution >= 4 is 15.9 Å². The van der Waals surface area contributed by atoms with Gasteiger partial charge in [-0.1, -0.05) is 60.2 Å². The van der Waals surface area contributed by atoms with Crippen LogP contribution in [0.4, 0.5) is 0 Å². The molecule has 0 aliphatic rings. The summed E-state index contributed by atoms with van der Waals surface area (Å²) >= 11 is 0. The van der Waals surface area contributed by atoms with Crippen molar-refractivity contribution in [1.82, 2.24) is 10.3 Å². The standard InChI is InChI=1S/C20H18N2O3S/c1-15-7-13-19(14-8-15)26(24,25)22-21-20(23)18-11-9-17(10-12-18)16-5-3-2-4-6-16/h2-14,22H,1H3,(H,21,23).